The number of amides is 1. The first-order valence-corrected chi connectivity index (χ1v) is 10.4. The zero-order chi connectivity index (χ0) is 21.4. The van der Waals surface area contributed by atoms with Crippen molar-refractivity contribution in [1.82, 2.24) is 4.90 Å². The van der Waals surface area contributed by atoms with Crippen LogP contribution in [0, 0.1) is 13.8 Å². The Morgan fingerprint density at radius 2 is 1.80 bits per heavy atom. The molecule has 0 fully saturated rings. The van der Waals surface area contributed by atoms with Crippen molar-refractivity contribution in [2.24, 2.45) is 0 Å². The molecule has 0 aliphatic carbocycles. The maximum absolute atomic E-state index is 13.2. The first kappa shape index (κ1) is 19.9. The summed E-state index contributed by atoms with van der Waals surface area (Å²) in [5, 5.41) is 22.2. The van der Waals surface area contributed by atoms with Crippen LogP contribution in [0.1, 0.15) is 38.0 Å². The quantitative estimate of drug-likeness (QED) is 0.580. The van der Waals surface area contributed by atoms with Crippen molar-refractivity contribution in [3.63, 3.8) is 0 Å². The average molecular weight is 420 g/mol. The number of hydrogen-bond acceptors (Lipinski definition) is 5. The number of Topliss-reactive ketones (excluding diaryl/α,β-unsaturated/α-hetero) is 1. The molecular weight excluding hydrogens is 398 g/mol. The van der Waals surface area contributed by atoms with Gasteiger partial charge in [0.1, 0.15) is 5.75 Å². The van der Waals surface area contributed by atoms with Gasteiger partial charge in [-0.2, -0.15) is 0 Å². The molecule has 6 heteroatoms. The van der Waals surface area contributed by atoms with Crippen LogP contribution in [0.4, 0.5) is 0 Å². The van der Waals surface area contributed by atoms with E-state index in [2.05, 4.69) is 0 Å². The molecule has 2 N–H and O–H groups in total. The minimum atomic E-state index is -0.743. The Labute approximate surface area is 178 Å². The van der Waals surface area contributed by atoms with Gasteiger partial charge >= 0.3 is 0 Å². The number of phenols is 1. The van der Waals surface area contributed by atoms with Crippen LogP contribution in [0.5, 0.6) is 5.75 Å². The number of carbonyl (C=O) groups excluding carboxylic acids is 2. The van der Waals surface area contributed by atoms with E-state index in [4.69, 9.17) is 0 Å². The van der Waals surface area contributed by atoms with Gasteiger partial charge in [-0.15, -0.1) is 11.3 Å². The summed E-state index contributed by atoms with van der Waals surface area (Å²) in [5.74, 6) is -1.37. The highest BCUT2D eigenvalue weighted by Crippen LogP contribution is 2.41. The summed E-state index contributed by atoms with van der Waals surface area (Å²) in [7, 11) is 0. The number of aliphatic hydroxyl groups is 1. The first-order valence-electron chi connectivity index (χ1n) is 9.54. The standard InChI is InChI=1S/C24H21NO4S/c1-14-5-6-15(2)17(12-14)13-25-21(16-7-9-18(26)10-8-16)20(23(28)24(25)29)22(27)19-4-3-11-30-19/h3-12,21,26,28H,13H2,1-2H3. The molecule has 0 bridgehead atoms. The summed E-state index contributed by atoms with van der Waals surface area (Å²) in [4.78, 5) is 28.2. The van der Waals surface area contributed by atoms with Gasteiger partial charge in [-0.1, -0.05) is 42.0 Å². The predicted molar refractivity (Wildman–Crippen MR) is 116 cm³/mol. The Hall–Kier alpha value is -3.38. The molecule has 0 radical (unpaired) electrons. The molecule has 1 aromatic heterocycles. The molecule has 0 saturated heterocycles. The zero-order valence-corrected chi connectivity index (χ0v) is 17.4. The smallest absolute Gasteiger partial charge is 0.290 e. The number of thiophene rings is 1. The third-order valence-corrected chi connectivity index (χ3v) is 6.22. The van der Waals surface area contributed by atoms with Crippen molar-refractivity contribution in [1.29, 1.82) is 0 Å². The van der Waals surface area contributed by atoms with E-state index in [-0.39, 0.29) is 23.7 Å². The Morgan fingerprint density at radius 1 is 1.07 bits per heavy atom. The predicted octanol–water partition coefficient (Wildman–Crippen LogP) is 4.85. The van der Waals surface area contributed by atoms with E-state index in [0.29, 0.717) is 10.4 Å². The van der Waals surface area contributed by atoms with Gasteiger partial charge in [-0.3, -0.25) is 9.59 Å². The molecule has 1 aliphatic rings. The third-order valence-electron chi connectivity index (χ3n) is 5.35. The van der Waals surface area contributed by atoms with Gasteiger partial charge in [-0.05, 0) is 54.1 Å². The molecule has 1 aliphatic heterocycles. The summed E-state index contributed by atoms with van der Waals surface area (Å²) in [6.07, 6.45) is 0. The fourth-order valence-corrected chi connectivity index (χ4v) is 4.42. The average Bonchev–Trinajstić information content (AvgIpc) is 3.34. The number of hydrogen-bond donors (Lipinski definition) is 2. The Bertz CT molecular complexity index is 1150. The van der Waals surface area contributed by atoms with Crippen molar-refractivity contribution < 1.29 is 19.8 Å². The molecule has 5 nitrogen and oxygen atoms in total. The summed E-state index contributed by atoms with van der Waals surface area (Å²) >= 11 is 1.27. The van der Waals surface area contributed by atoms with Crippen LogP contribution in [-0.2, 0) is 11.3 Å². The second kappa shape index (κ2) is 7.80. The van der Waals surface area contributed by atoms with Gasteiger partial charge in [-0.25, -0.2) is 0 Å². The van der Waals surface area contributed by atoms with E-state index in [1.165, 1.54) is 28.4 Å². The van der Waals surface area contributed by atoms with Gasteiger partial charge in [0.25, 0.3) is 5.91 Å². The molecule has 0 spiro atoms. The summed E-state index contributed by atoms with van der Waals surface area (Å²) in [6, 6.07) is 15.1. The van der Waals surface area contributed by atoms with Crippen LogP contribution in [0.15, 0.2) is 71.3 Å². The number of benzene rings is 2. The largest absolute Gasteiger partial charge is 0.508 e. The maximum atomic E-state index is 13.2. The van der Waals surface area contributed by atoms with Crippen LogP contribution in [0.2, 0.25) is 0 Å². The fourth-order valence-electron chi connectivity index (χ4n) is 3.75. The number of phenolic OH excluding ortho intramolecular Hbond substituents is 1. The number of ketones is 1. The molecule has 3 aromatic rings. The number of aryl methyl sites for hydroxylation is 2. The van der Waals surface area contributed by atoms with Gasteiger partial charge in [0.2, 0.25) is 5.78 Å². The lowest BCUT2D eigenvalue weighted by atomic mass is 9.95. The molecule has 152 valence electrons. The van der Waals surface area contributed by atoms with Crippen molar-refractivity contribution in [2.75, 3.05) is 0 Å². The minimum absolute atomic E-state index is 0.0680. The second-order valence-electron chi connectivity index (χ2n) is 7.43. The molecule has 0 saturated carbocycles. The summed E-state index contributed by atoms with van der Waals surface area (Å²) < 4.78 is 0. The Balaban J connectivity index is 1.81. The third kappa shape index (κ3) is 3.50. The first-order chi connectivity index (χ1) is 14.4. The van der Waals surface area contributed by atoms with E-state index in [9.17, 15) is 19.8 Å². The van der Waals surface area contributed by atoms with Crippen LogP contribution in [0.3, 0.4) is 0 Å². The fraction of sp³-hybridized carbons (Fsp3) is 0.167. The number of aliphatic hydroxyl groups excluding tert-OH is 1. The van der Waals surface area contributed by atoms with Gasteiger partial charge in [0.15, 0.2) is 5.76 Å². The summed E-state index contributed by atoms with van der Waals surface area (Å²) in [6.45, 7) is 4.20. The zero-order valence-electron chi connectivity index (χ0n) is 16.6. The van der Waals surface area contributed by atoms with Crippen molar-refractivity contribution in [3.8, 4) is 5.75 Å². The molecule has 1 unspecified atom stereocenters. The molecular formula is C24H21NO4S. The van der Waals surface area contributed by atoms with Crippen molar-refractivity contribution >= 4 is 23.0 Å². The van der Waals surface area contributed by atoms with Gasteiger partial charge in [0, 0.05) is 6.54 Å². The molecule has 30 heavy (non-hydrogen) atoms. The highest BCUT2D eigenvalue weighted by Gasteiger charge is 2.44. The van der Waals surface area contributed by atoms with Crippen molar-refractivity contribution in [2.45, 2.75) is 26.4 Å². The maximum Gasteiger partial charge on any atom is 0.290 e. The minimum Gasteiger partial charge on any atom is -0.508 e. The molecule has 4 rings (SSSR count). The highest BCUT2D eigenvalue weighted by molar-refractivity contribution is 7.12. The van der Waals surface area contributed by atoms with Crippen molar-refractivity contribution in [3.05, 3.63) is 98.4 Å². The number of rotatable bonds is 5. The second-order valence-corrected chi connectivity index (χ2v) is 8.37. The summed E-state index contributed by atoms with van der Waals surface area (Å²) in [5.41, 5.74) is 3.75. The SMILES string of the molecule is Cc1ccc(C)c(CN2C(=O)C(O)=C(C(=O)c3cccs3)C2c2ccc(O)cc2)c1. The van der Waals surface area contributed by atoms with E-state index in [1.807, 2.05) is 32.0 Å². The van der Waals surface area contributed by atoms with E-state index in [0.717, 1.165) is 16.7 Å². The Kier molecular flexibility index (Phi) is 5.18. The van der Waals surface area contributed by atoms with E-state index < -0.39 is 17.7 Å². The van der Waals surface area contributed by atoms with Crippen LogP contribution in [0.25, 0.3) is 0 Å². The molecule has 1 atom stereocenters. The van der Waals surface area contributed by atoms with Crippen LogP contribution < -0.4 is 0 Å². The van der Waals surface area contributed by atoms with E-state index >= 15 is 0 Å². The van der Waals surface area contributed by atoms with E-state index in [1.54, 1.807) is 29.6 Å². The van der Waals surface area contributed by atoms with Crippen LogP contribution >= 0.6 is 11.3 Å². The molecule has 1 amide bonds. The number of nitrogens with zero attached hydrogens (tertiary/aromatic N) is 1. The highest BCUT2D eigenvalue weighted by atomic mass is 32.1. The lowest BCUT2D eigenvalue weighted by Crippen LogP contribution is -2.31. The number of carbonyl (C=O) groups is 2. The molecule has 2 aromatic carbocycles. The molecule has 2 heterocycles. The lowest BCUT2D eigenvalue weighted by Gasteiger charge is -2.27. The van der Waals surface area contributed by atoms with Gasteiger partial charge in [0.05, 0.1) is 16.5 Å². The Morgan fingerprint density at radius 3 is 2.47 bits per heavy atom. The normalized spacial score (nSPS) is 16.4. The monoisotopic (exact) mass is 419 g/mol. The number of aromatic hydroxyl groups is 1. The van der Waals surface area contributed by atoms with Gasteiger partial charge < -0.3 is 15.1 Å². The lowest BCUT2D eigenvalue weighted by molar-refractivity contribution is -0.130. The topological polar surface area (TPSA) is 77.8 Å². The van der Waals surface area contributed by atoms with Crippen LogP contribution in [-0.4, -0.2) is 26.8 Å².